The number of hydrogen-bond acceptors (Lipinski definition) is 7. The van der Waals surface area contributed by atoms with Gasteiger partial charge in [-0.15, -0.1) is 0 Å². The Morgan fingerprint density at radius 1 is 1.00 bits per heavy atom. The minimum Gasteiger partial charge on any atom is -0.497 e. The number of ether oxygens (including phenoxy) is 4. The molecular weight excluding hydrogens is 422 g/mol. The summed E-state index contributed by atoms with van der Waals surface area (Å²) in [5.74, 6) is 1.43. The first-order valence-corrected chi connectivity index (χ1v) is 11.6. The van der Waals surface area contributed by atoms with Gasteiger partial charge in [0.05, 0.1) is 39.9 Å². The Morgan fingerprint density at radius 3 is 2.19 bits per heavy atom. The maximum Gasteiger partial charge on any atom is 0.254 e. The first-order valence-electron chi connectivity index (χ1n) is 9.76. The van der Waals surface area contributed by atoms with Crippen LogP contribution in [0.3, 0.4) is 0 Å². The van der Waals surface area contributed by atoms with Crippen molar-refractivity contribution in [1.82, 2.24) is 4.90 Å². The molecule has 8 nitrogen and oxygen atoms in total. The molecule has 1 aliphatic rings. The molecule has 3 rings (SSSR count). The van der Waals surface area contributed by atoms with Crippen molar-refractivity contribution in [3.8, 4) is 23.0 Å². The number of methoxy groups -OCH3 is 4. The van der Waals surface area contributed by atoms with E-state index in [9.17, 15) is 13.2 Å². The van der Waals surface area contributed by atoms with Gasteiger partial charge >= 0.3 is 0 Å². The van der Waals surface area contributed by atoms with E-state index in [1.807, 2.05) is 24.3 Å². The first-order chi connectivity index (χ1) is 14.8. The van der Waals surface area contributed by atoms with Crippen LogP contribution in [0.1, 0.15) is 22.3 Å². The second-order valence-corrected chi connectivity index (χ2v) is 9.48. The Balaban J connectivity index is 2.01. The lowest BCUT2D eigenvalue weighted by Gasteiger charge is -2.29. The molecule has 0 bridgehead atoms. The molecule has 0 saturated carbocycles. The van der Waals surface area contributed by atoms with Crippen molar-refractivity contribution < 1.29 is 32.2 Å². The molecule has 1 saturated heterocycles. The average molecular weight is 450 g/mol. The summed E-state index contributed by atoms with van der Waals surface area (Å²) in [6.07, 6.45) is 0.391. The van der Waals surface area contributed by atoms with E-state index in [0.717, 1.165) is 5.56 Å². The highest BCUT2D eigenvalue weighted by Gasteiger charge is 2.35. The molecule has 0 N–H and O–H groups in total. The molecule has 168 valence electrons. The highest BCUT2D eigenvalue weighted by atomic mass is 32.2. The molecule has 1 aliphatic heterocycles. The third kappa shape index (κ3) is 5.04. The molecule has 1 amide bonds. The summed E-state index contributed by atoms with van der Waals surface area (Å²) in [6, 6.07) is 10.1. The molecule has 9 heteroatoms. The van der Waals surface area contributed by atoms with Crippen molar-refractivity contribution in [2.24, 2.45) is 0 Å². The molecule has 1 fully saturated rings. The summed E-state index contributed by atoms with van der Waals surface area (Å²) in [5, 5.41) is 0. The van der Waals surface area contributed by atoms with E-state index >= 15 is 0 Å². The number of amides is 1. The highest BCUT2D eigenvalue weighted by molar-refractivity contribution is 7.91. The van der Waals surface area contributed by atoms with Gasteiger partial charge in [-0.25, -0.2) is 8.42 Å². The van der Waals surface area contributed by atoms with Crippen LogP contribution in [0.5, 0.6) is 23.0 Å². The number of carbonyl (C=O) groups is 1. The quantitative estimate of drug-likeness (QED) is 0.612. The van der Waals surface area contributed by atoms with Gasteiger partial charge in [0.15, 0.2) is 21.3 Å². The minimum absolute atomic E-state index is 0.0624. The Kier molecular flexibility index (Phi) is 6.94. The van der Waals surface area contributed by atoms with Gasteiger partial charge < -0.3 is 23.8 Å². The predicted molar refractivity (Wildman–Crippen MR) is 116 cm³/mol. The van der Waals surface area contributed by atoms with Crippen LogP contribution in [-0.4, -0.2) is 65.2 Å². The number of hydrogen-bond donors (Lipinski definition) is 0. The zero-order chi connectivity index (χ0) is 22.6. The Bertz CT molecular complexity index is 1030. The molecule has 0 radical (unpaired) electrons. The lowest BCUT2D eigenvalue weighted by atomic mass is 10.1. The van der Waals surface area contributed by atoms with Crippen molar-refractivity contribution in [3.05, 3.63) is 47.5 Å². The smallest absolute Gasteiger partial charge is 0.254 e. The number of carbonyl (C=O) groups excluding carboxylic acids is 1. The second kappa shape index (κ2) is 9.47. The van der Waals surface area contributed by atoms with Gasteiger partial charge in [0.1, 0.15) is 5.75 Å². The van der Waals surface area contributed by atoms with Crippen LogP contribution in [0, 0.1) is 0 Å². The molecule has 31 heavy (non-hydrogen) atoms. The Morgan fingerprint density at radius 2 is 1.68 bits per heavy atom. The lowest BCUT2D eigenvalue weighted by Crippen LogP contribution is -2.40. The van der Waals surface area contributed by atoms with E-state index in [1.165, 1.54) is 21.3 Å². The fourth-order valence-electron chi connectivity index (χ4n) is 3.73. The van der Waals surface area contributed by atoms with Gasteiger partial charge in [0.25, 0.3) is 5.91 Å². The zero-order valence-electron chi connectivity index (χ0n) is 18.1. The summed E-state index contributed by atoms with van der Waals surface area (Å²) in [6.45, 7) is 0.243. The third-order valence-electron chi connectivity index (χ3n) is 5.31. The van der Waals surface area contributed by atoms with Gasteiger partial charge in [-0.3, -0.25) is 4.79 Å². The maximum atomic E-state index is 13.6. The molecule has 2 aromatic carbocycles. The molecule has 0 aliphatic carbocycles. The van der Waals surface area contributed by atoms with Crippen LogP contribution < -0.4 is 18.9 Å². The van der Waals surface area contributed by atoms with Crippen LogP contribution in [0.25, 0.3) is 0 Å². The summed E-state index contributed by atoms with van der Waals surface area (Å²) in [4.78, 5) is 15.2. The van der Waals surface area contributed by atoms with Crippen LogP contribution >= 0.6 is 0 Å². The van der Waals surface area contributed by atoms with E-state index in [0.29, 0.717) is 35.0 Å². The summed E-state index contributed by atoms with van der Waals surface area (Å²) in [5.41, 5.74) is 1.16. The summed E-state index contributed by atoms with van der Waals surface area (Å²) in [7, 11) is 2.82. The number of benzene rings is 2. The second-order valence-electron chi connectivity index (χ2n) is 7.26. The van der Waals surface area contributed by atoms with Gasteiger partial charge in [0, 0.05) is 18.2 Å². The van der Waals surface area contributed by atoms with Crippen molar-refractivity contribution in [3.63, 3.8) is 0 Å². The van der Waals surface area contributed by atoms with Crippen LogP contribution in [0.15, 0.2) is 36.4 Å². The minimum atomic E-state index is -3.19. The third-order valence-corrected chi connectivity index (χ3v) is 7.06. The SMILES string of the molecule is COc1cccc(CN(C(=O)c2cc(OC)c(OC)c(OC)c2)C2CCS(=O)(=O)C2)c1. The van der Waals surface area contributed by atoms with Crippen molar-refractivity contribution in [2.45, 2.75) is 19.0 Å². The molecule has 1 atom stereocenters. The molecule has 0 aromatic heterocycles. The average Bonchev–Trinajstić information content (AvgIpc) is 3.15. The number of rotatable bonds is 8. The summed E-state index contributed by atoms with van der Waals surface area (Å²) < 4.78 is 45.6. The normalized spacial score (nSPS) is 17.1. The molecular formula is C22H27NO7S. The van der Waals surface area contributed by atoms with Crippen LogP contribution in [0.4, 0.5) is 0 Å². The number of nitrogens with zero attached hydrogens (tertiary/aromatic N) is 1. The van der Waals surface area contributed by atoms with Crippen LogP contribution in [-0.2, 0) is 16.4 Å². The maximum absolute atomic E-state index is 13.6. The lowest BCUT2D eigenvalue weighted by molar-refractivity contribution is 0.0680. The van der Waals surface area contributed by atoms with E-state index < -0.39 is 15.9 Å². The molecule has 1 heterocycles. The highest BCUT2D eigenvalue weighted by Crippen LogP contribution is 2.39. The van der Waals surface area contributed by atoms with Gasteiger partial charge in [-0.05, 0) is 36.2 Å². The standard InChI is InChI=1S/C22H27NO7S/c1-27-18-7-5-6-15(10-18)13-23(17-8-9-31(25,26)14-17)22(24)16-11-19(28-2)21(30-4)20(12-16)29-3/h5-7,10-12,17H,8-9,13-14H2,1-4H3. The van der Waals surface area contributed by atoms with E-state index in [-0.39, 0.29) is 24.0 Å². The zero-order valence-corrected chi connectivity index (χ0v) is 18.9. The van der Waals surface area contributed by atoms with E-state index in [2.05, 4.69) is 0 Å². The predicted octanol–water partition coefficient (Wildman–Crippen LogP) is 2.55. The Hall–Kier alpha value is -2.94. The summed E-state index contributed by atoms with van der Waals surface area (Å²) >= 11 is 0. The van der Waals surface area contributed by atoms with Crippen molar-refractivity contribution in [1.29, 1.82) is 0 Å². The molecule has 2 aromatic rings. The first kappa shape index (κ1) is 22.7. The van der Waals surface area contributed by atoms with E-state index in [4.69, 9.17) is 18.9 Å². The Labute approximate surface area is 182 Å². The van der Waals surface area contributed by atoms with E-state index in [1.54, 1.807) is 24.1 Å². The van der Waals surface area contributed by atoms with Crippen molar-refractivity contribution in [2.75, 3.05) is 39.9 Å². The molecule has 0 spiro atoms. The number of sulfone groups is 1. The van der Waals surface area contributed by atoms with Gasteiger partial charge in [-0.1, -0.05) is 12.1 Å². The van der Waals surface area contributed by atoms with Gasteiger partial charge in [0.2, 0.25) is 5.75 Å². The largest absolute Gasteiger partial charge is 0.497 e. The fraction of sp³-hybridized carbons (Fsp3) is 0.409. The molecule has 1 unspecified atom stereocenters. The monoisotopic (exact) mass is 449 g/mol. The van der Waals surface area contributed by atoms with Crippen molar-refractivity contribution >= 4 is 15.7 Å². The van der Waals surface area contributed by atoms with Gasteiger partial charge in [-0.2, -0.15) is 0 Å². The fourth-order valence-corrected chi connectivity index (χ4v) is 5.46. The topological polar surface area (TPSA) is 91.4 Å². The van der Waals surface area contributed by atoms with Crippen LogP contribution in [0.2, 0.25) is 0 Å².